The van der Waals surface area contributed by atoms with Gasteiger partial charge >= 0.3 is 11.9 Å². The topological polar surface area (TPSA) is 461 Å². The lowest BCUT2D eigenvalue weighted by Crippen LogP contribution is -2.61. The van der Waals surface area contributed by atoms with Gasteiger partial charge in [-0.3, -0.25) is 52.7 Å². The molecule has 1 aromatic carbocycles. The van der Waals surface area contributed by atoms with Crippen LogP contribution in [-0.4, -0.2) is 181 Å². The number of nitrogens with two attached hydrogens (primary N) is 1. The van der Waals surface area contributed by atoms with Crippen LogP contribution in [0.3, 0.4) is 0 Å². The number of carboxylic acids is 2. The van der Waals surface area contributed by atoms with E-state index in [4.69, 9.17) is 5.73 Å². The van der Waals surface area contributed by atoms with Gasteiger partial charge in [0, 0.05) is 36.9 Å². The first-order chi connectivity index (χ1) is 39.3. The third kappa shape index (κ3) is 26.2. The molecule has 0 aliphatic heterocycles. The van der Waals surface area contributed by atoms with Crippen LogP contribution in [0.5, 0.6) is 5.75 Å². The van der Waals surface area contributed by atoms with E-state index in [-0.39, 0.29) is 61.4 Å². The number of hydrogen-bond acceptors (Lipinski definition) is 17. The summed E-state index contributed by atoms with van der Waals surface area (Å²) in [5, 5.41) is 64.1. The lowest BCUT2D eigenvalue weighted by Gasteiger charge is -2.29. The van der Waals surface area contributed by atoms with Gasteiger partial charge in [0.1, 0.15) is 60.1 Å². The Bertz CT molecular complexity index is 2550. The highest BCUT2D eigenvalue weighted by atomic mass is 32.1. The number of nitrogens with one attached hydrogen (secondary N) is 11. The first-order valence-electron chi connectivity index (χ1n) is 27.5. The van der Waals surface area contributed by atoms with Gasteiger partial charge in [-0.05, 0) is 74.0 Å². The van der Waals surface area contributed by atoms with Crippen molar-refractivity contribution in [2.24, 2.45) is 29.4 Å². The van der Waals surface area contributed by atoms with Crippen molar-refractivity contribution >= 4 is 83.6 Å². The summed E-state index contributed by atoms with van der Waals surface area (Å²) in [5.41, 5.74) is 6.45. The number of hydrogen-bond donors (Lipinski definition) is 17. The lowest BCUT2D eigenvalue weighted by atomic mass is 9.98. The van der Waals surface area contributed by atoms with E-state index in [9.17, 15) is 78.0 Å². The highest BCUT2D eigenvalue weighted by molar-refractivity contribution is 7.80. The van der Waals surface area contributed by atoms with Crippen LogP contribution in [0.4, 0.5) is 0 Å². The Morgan fingerprint density at radius 2 is 1.02 bits per heavy atom. The van der Waals surface area contributed by atoms with Crippen LogP contribution < -0.4 is 58.9 Å². The number of phenolic OH excluding ortho intramolecular Hbond substituents is 1. The summed E-state index contributed by atoms with van der Waals surface area (Å²) in [5.74, 6) is -13.0. The molecule has 1 aromatic heterocycles. The molecule has 0 saturated carbocycles. The van der Waals surface area contributed by atoms with E-state index < -0.39 is 163 Å². The third-order valence-corrected chi connectivity index (χ3v) is 13.1. The number of aliphatic hydroxyl groups is 1. The minimum atomic E-state index is -1.62. The van der Waals surface area contributed by atoms with Gasteiger partial charge in [-0.2, -0.15) is 12.6 Å². The van der Waals surface area contributed by atoms with Gasteiger partial charge in [-0.1, -0.05) is 67.5 Å². The van der Waals surface area contributed by atoms with E-state index >= 15 is 0 Å². The minimum absolute atomic E-state index is 0.0157. The normalized spacial score (nSPS) is 14.9. The summed E-state index contributed by atoms with van der Waals surface area (Å²) < 4.78 is 0. The molecule has 0 radical (unpaired) electrons. The Kier molecular flexibility index (Phi) is 30.9. The average Bonchev–Trinajstić information content (AvgIpc) is 4.09. The van der Waals surface area contributed by atoms with Crippen molar-refractivity contribution in [3.8, 4) is 5.75 Å². The van der Waals surface area contributed by atoms with E-state index in [1.54, 1.807) is 55.4 Å². The smallest absolute Gasteiger partial charge is 0.326 e. The zero-order valence-electron chi connectivity index (χ0n) is 48.8. The predicted octanol–water partition coefficient (Wildman–Crippen LogP) is -2.61. The zero-order chi connectivity index (χ0) is 63.5. The molecule has 468 valence electrons. The van der Waals surface area contributed by atoms with Crippen molar-refractivity contribution in [2.75, 3.05) is 18.9 Å². The van der Waals surface area contributed by atoms with Crippen LogP contribution in [0.1, 0.15) is 106 Å². The average molecular weight is 1200 g/mol. The SMILES string of the molecule is CC(C)C[C@H](NC(=O)[C@H](Cc1ccc(O)cc1)NC(=O)[C@H](CC(C)C)NC(=O)[C@H](C)NC(=O)[C@H](CCC(=O)O)NC(=O)[C@@H](NC(=O)[C@H](CC(C)C)NC(=O)[C@H](Cc1cnc[nH]1)NC(=O)[C@H](CO)NC(=O)CNC(=O)[C@@H](N)CS)C(C)C)C(=O)O. The predicted molar refractivity (Wildman–Crippen MR) is 307 cm³/mol. The Labute approximate surface area is 492 Å². The molecule has 0 fully saturated rings. The fourth-order valence-corrected chi connectivity index (χ4v) is 8.34. The van der Waals surface area contributed by atoms with Crippen LogP contribution >= 0.6 is 12.6 Å². The molecule has 0 aliphatic rings. The summed E-state index contributed by atoms with van der Waals surface area (Å²) in [4.78, 5) is 167. The quantitative estimate of drug-likeness (QED) is 0.0308. The molecular weight excluding hydrogens is 1120 g/mol. The maximum absolute atomic E-state index is 14.2. The van der Waals surface area contributed by atoms with Crippen molar-refractivity contribution in [3.63, 3.8) is 0 Å². The molecule has 10 amide bonds. The van der Waals surface area contributed by atoms with E-state index in [0.29, 0.717) is 11.3 Å². The molecule has 17 N–H and O–H groups in total. The number of carboxylic acid groups (broad SMARTS) is 2. The maximum Gasteiger partial charge on any atom is 0.326 e. The van der Waals surface area contributed by atoms with Gasteiger partial charge in [-0.25, -0.2) is 9.78 Å². The number of carbonyl (C=O) groups is 12. The monoisotopic (exact) mass is 1200 g/mol. The second kappa shape index (κ2) is 36.0. The first-order valence-corrected chi connectivity index (χ1v) is 28.2. The molecule has 2 aromatic rings. The van der Waals surface area contributed by atoms with Gasteiger partial charge < -0.3 is 84.3 Å². The molecule has 10 atom stereocenters. The number of nitrogens with zero attached hydrogens (tertiary/aromatic N) is 1. The number of aromatic hydroxyl groups is 1. The Morgan fingerprint density at radius 3 is 1.51 bits per heavy atom. The van der Waals surface area contributed by atoms with E-state index in [0.717, 1.165) is 0 Å². The maximum atomic E-state index is 14.2. The highest BCUT2D eigenvalue weighted by Crippen LogP contribution is 2.15. The van der Waals surface area contributed by atoms with Gasteiger partial charge in [0.2, 0.25) is 59.1 Å². The molecule has 0 saturated heterocycles. The van der Waals surface area contributed by atoms with Crippen molar-refractivity contribution in [1.82, 2.24) is 63.1 Å². The number of benzene rings is 1. The largest absolute Gasteiger partial charge is 0.508 e. The molecule has 0 spiro atoms. The first kappa shape index (κ1) is 72.2. The second-order valence-corrected chi connectivity index (χ2v) is 22.3. The van der Waals surface area contributed by atoms with Gasteiger partial charge in [0.05, 0.1) is 25.5 Å². The minimum Gasteiger partial charge on any atom is -0.508 e. The number of H-pyrrole nitrogens is 1. The highest BCUT2D eigenvalue weighted by Gasteiger charge is 2.36. The standard InChI is InChI=1S/C54H85N13O16S/c1-26(2)16-36(48(76)64-38(19-31-10-12-33(69)13-11-31)49(77)66-40(54(82)83)18-28(5)6)62-45(73)30(9)59-47(75)35(14-15-43(71)72)61-53(81)44(29(7)8)67-51(79)37(17-27(3)4)63-50(78)39(20-32-21-56-25-58-32)65-52(80)41(23-68)60-42(70)22-57-46(74)34(55)24-84/h10-13,21,25-30,34-41,44,68-69,84H,14-20,22-24,55H2,1-9H3,(H,56,58)(H,57,74)(H,59,75)(H,60,70)(H,61,81)(H,62,73)(H,63,78)(H,64,76)(H,65,80)(H,66,77)(H,67,79)(H,71,72)(H,82,83)/t30-,34-,35-,36-,37-,38-,39-,40-,41-,44-/m0/s1. The number of carbonyl (C=O) groups excluding carboxylic acids is 10. The molecule has 2 rings (SSSR count). The molecule has 84 heavy (non-hydrogen) atoms. The summed E-state index contributed by atoms with van der Waals surface area (Å²) in [6, 6.07) is -8.21. The summed E-state index contributed by atoms with van der Waals surface area (Å²) in [6.45, 7) is 13.4. The number of rotatable bonds is 37. The number of aliphatic carboxylic acids is 2. The van der Waals surface area contributed by atoms with Gasteiger partial charge in [-0.15, -0.1) is 0 Å². The van der Waals surface area contributed by atoms with Crippen molar-refractivity contribution in [1.29, 1.82) is 0 Å². The Morgan fingerprint density at radius 1 is 0.560 bits per heavy atom. The van der Waals surface area contributed by atoms with Gasteiger partial charge in [0.15, 0.2) is 0 Å². The van der Waals surface area contributed by atoms with E-state index in [1.807, 2.05) is 0 Å². The van der Waals surface area contributed by atoms with Crippen LogP contribution in [0.25, 0.3) is 0 Å². The second-order valence-electron chi connectivity index (χ2n) is 21.9. The van der Waals surface area contributed by atoms with Crippen LogP contribution in [-0.2, 0) is 70.4 Å². The van der Waals surface area contributed by atoms with Crippen LogP contribution in [0.15, 0.2) is 36.8 Å². The Balaban J connectivity index is 2.34. The number of aromatic nitrogens is 2. The van der Waals surface area contributed by atoms with Crippen LogP contribution in [0, 0.1) is 23.7 Å². The molecular formula is C54H85N13O16S. The fourth-order valence-electron chi connectivity index (χ4n) is 8.17. The van der Waals surface area contributed by atoms with E-state index in [2.05, 4.69) is 75.8 Å². The number of aromatic amines is 1. The van der Waals surface area contributed by atoms with Crippen LogP contribution in [0.2, 0.25) is 0 Å². The number of thiol groups is 1. The van der Waals surface area contributed by atoms with E-state index in [1.165, 1.54) is 43.7 Å². The molecule has 29 nitrogen and oxygen atoms in total. The third-order valence-electron chi connectivity index (χ3n) is 12.7. The molecule has 0 unspecified atom stereocenters. The van der Waals surface area contributed by atoms with Crippen molar-refractivity contribution < 1.29 is 78.0 Å². The van der Waals surface area contributed by atoms with Gasteiger partial charge in [0.25, 0.3) is 0 Å². The number of aliphatic hydroxyl groups excluding tert-OH is 1. The number of amides is 10. The molecule has 1 heterocycles. The Hall–Kier alpha value is -7.86. The summed E-state index contributed by atoms with van der Waals surface area (Å²) in [7, 11) is 0. The fraction of sp³-hybridized carbons (Fsp3) is 0.611. The summed E-state index contributed by atoms with van der Waals surface area (Å²) in [6.07, 6.45) is 1.23. The van der Waals surface area contributed by atoms with Crippen molar-refractivity contribution in [3.05, 3.63) is 48.0 Å². The summed E-state index contributed by atoms with van der Waals surface area (Å²) >= 11 is 3.93. The number of imidazole rings is 1. The molecule has 30 heteroatoms. The lowest BCUT2D eigenvalue weighted by molar-refractivity contribution is -0.143. The van der Waals surface area contributed by atoms with Crippen molar-refractivity contribution in [2.45, 2.75) is 168 Å². The molecule has 0 bridgehead atoms. The molecule has 0 aliphatic carbocycles. The zero-order valence-corrected chi connectivity index (χ0v) is 49.7. The number of phenols is 1.